The minimum absolute atomic E-state index is 0.0354. The third-order valence-corrected chi connectivity index (χ3v) is 5.49. The van der Waals surface area contributed by atoms with E-state index in [1.54, 1.807) is 30.8 Å². The summed E-state index contributed by atoms with van der Waals surface area (Å²) in [4.78, 5) is 14.5. The molecule has 0 spiro atoms. The van der Waals surface area contributed by atoms with Gasteiger partial charge in [0.25, 0.3) is 0 Å². The Morgan fingerprint density at radius 1 is 1.30 bits per heavy atom. The molecule has 140 valence electrons. The average Bonchev–Trinajstić information content (AvgIpc) is 3.16. The molecule has 8 heteroatoms. The number of halogens is 1. The first-order valence-electron chi connectivity index (χ1n) is 8.57. The normalized spacial score (nSPS) is 21.0. The van der Waals surface area contributed by atoms with Crippen LogP contribution in [-0.2, 0) is 0 Å². The number of aliphatic imine (C=N–C) groups is 1. The van der Waals surface area contributed by atoms with E-state index in [9.17, 15) is 4.39 Å². The van der Waals surface area contributed by atoms with E-state index in [1.807, 2.05) is 35.9 Å². The van der Waals surface area contributed by atoms with Crippen molar-refractivity contribution in [1.29, 1.82) is 0 Å². The van der Waals surface area contributed by atoms with Gasteiger partial charge >= 0.3 is 0 Å². The number of rotatable bonds is 4. The molecule has 2 atom stereocenters. The molecule has 0 bridgehead atoms. The highest BCUT2D eigenvalue weighted by Gasteiger charge is 2.27. The van der Waals surface area contributed by atoms with Crippen molar-refractivity contribution in [2.24, 2.45) is 4.99 Å². The molecule has 6 nitrogen and oxygen atoms in total. The van der Waals surface area contributed by atoms with Crippen LogP contribution in [-0.4, -0.2) is 48.7 Å². The zero-order valence-electron chi connectivity index (χ0n) is 15.0. The molecule has 0 radical (unpaired) electrons. The second-order valence-electron chi connectivity index (χ2n) is 6.15. The lowest BCUT2D eigenvalue weighted by Gasteiger charge is -2.24. The van der Waals surface area contributed by atoms with Gasteiger partial charge in [-0.3, -0.25) is 4.99 Å². The van der Waals surface area contributed by atoms with Crippen molar-refractivity contribution in [2.75, 3.05) is 32.2 Å². The van der Waals surface area contributed by atoms with E-state index in [0.29, 0.717) is 30.5 Å². The zero-order chi connectivity index (χ0) is 18.8. The Balaban J connectivity index is 1.66. The van der Waals surface area contributed by atoms with Crippen molar-refractivity contribution in [3.63, 3.8) is 0 Å². The largest absolute Gasteiger partial charge is 0.486 e. The fourth-order valence-corrected chi connectivity index (χ4v) is 4.07. The summed E-state index contributed by atoms with van der Waals surface area (Å²) < 4.78 is 25.7. The second kappa shape index (κ2) is 7.56. The highest BCUT2D eigenvalue weighted by molar-refractivity contribution is 8.03. The predicted octanol–water partition coefficient (Wildman–Crippen LogP) is 3.57. The van der Waals surface area contributed by atoms with Crippen molar-refractivity contribution in [2.45, 2.75) is 11.2 Å². The molecule has 0 saturated heterocycles. The van der Waals surface area contributed by atoms with Gasteiger partial charge in [-0.05, 0) is 17.5 Å². The molecular formula is C19H19FN4O2S. The highest BCUT2D eigenvalue weighted by Crippen LogP contribution is 2.38. The number of hydrogen-bond acceptors (Lipinski definition) is 7. The molecule has 2 aliphatic rings. The first-order valence-corrected chi connectivity index (χ1v) is 9.52. The molecule has 2 aromatic rings. The smallest absolute Gasteiger partial charge is 0.184 e. The van der Waals surface area contributed by atoms with Crippen LogP contribution >= 0.6 is 11.8 Å². The molecule has 4 rings (SSSR count). The van der Waals surface area contributed by atoms with Gasteiger partial charge in [-0.1, -0.05) is 6.08 Å². The summed E-state index contributed by atoms with van der Waals surface area (Å²) in [6.45, 7) is 1.03. The Kier molecular flexibility index (Phi) is 4.98. The van der Waals surface area contributed by atoms with Crippen molar-refractivity contribution >= 4 is 29.5 Å². The van der Waals surface area contributed by atoms with Crippen molar-refractivity contribution < 1.29 is 13.9 Å². The number of aromatic nitrogens is 2. The fourth-order valence-electron chi connectivity index (χ4n) is 3.05. The molecule has 0 N–H and O–H groups in total. The molecule has 2 unspecified atom stereocenters. The summed E-state index contributed by atoms with van der Waals surface area (Å²) in [7, 11) is 3.51. The first kappa shape index (κ1) is 17.8. The fraction of sp³-hybridized carbons (Fsp3) is 0.316. The molecule has 1 aromatic carbocycles. The van der Waals surface area contributed by atoms with Crippen LogP contribution < -0.4 is 14.4 Å². The van der Waals surface area contributed by atoms with Crippen LogP contribution in [0.1, 0.15) is 11.7 Å². The van der Waals surface area contributed by atoms with Crippen LogP contribution in [0.4, 0.5) is 15.9 Å². The Morgan fingerprint density at radius 2 is 2.11 bits per heavy atom. The molecule has 0 saturated carbocycles. The van der Waals surface area contributed by atoms with Crippen LogP contribution in [0.5, 0.6) is 11.5 Å². The van der Waals surface area contributed by atoms with Crippen LogP contribution in [0.25, 0.3) is 0 Å². The Bertz CT molecular complexity index is 905. The van der Waals surface area contributed by atoms with Gasteiger partial charge in [0.15, 0.2) is 23.1 Å². The van der Waals surface area contributed by atoms with Gasteiger partial charge in [-0.15, -0.1) is 11.8 Å². The van der Waals surface area contributed by atoms with Gasteiger partial charge in [0.1, 0.15) is 19.0 Å². The number of allylic oxidation sites excluding steroid dienone is 1. The molecule has 2 aliphatic heterocycles. The number of nitrogens with zero attached hydrogens (tertiary/aromatic N) is 4. The van der Waals surface area contributed by atoms with Crippen molar-refractivity contribution in [3.8, 4) is 11.5 Å². The Labute approximate surface area is 161 Å². The summed E-state index contributed by atoms with van der Waals surface area (Å²) in [5.41, 5.74) is 0.755. The van der Waals surface area contributed by atoms with Crippen LogP contribution in [0, 0.1) is 5.82 Å². The maximum atomic E-state index is 14.5. The average molecular weight is 386 g/mol. The van der Waals surface area contributed by atoms with E-state index in [4.69, 9.17) is 9.47 Å². The van der Waals surface area contributed by atoms with Gasteiger partial charge in [-0.2, -0.15) is 0 Å². The van der Waals surface area contributed by atoms with E-state index >= 15 is 0 Å². The van der Waals surface area contributed by atoms with E-state index in [2.05, 4.69) is 15.0 Å². The minimum atomic E-state index is -0.480. The van der Waals surface area contributed by atoms with Crippen LogP contribution in [0.2, 0.25) is 0 Å². The highest BCUT2D eigenvalue weighted by atomic mass is 32.2. The van der Waals surface area contributed by atoms with E-state index in [1.165, 1.54) is 6.20 Å². The molecular weight excluding hydrogens is 367 g/mol. The topological polar surface area (TPSA) is 59.8 Å². The third-order valence-electron chi connectivity index (χ3n) is 4.44. The van der Waals surface area contributed by atoms with E-state index in [-0.39, 0.29) is 17.0 Å². The number of benzene rings is 1. The lowest BCUT2D eigenvalue weighted by Crippen LogP contribution is -2.20. The maximum Gasteiger partial charge on any atom is 0.184 e. The summed E-state index contributed by atoms with van der Waals surface area (Å²) in [6, 6.07) is 5.50. The quantitative estimate of drug-likeness (QED) is 0.749. The summed E-state index contributed by atoms with van der Waals surface area (Å²) >= 11 is 1.65. The van der Waals surface area contributed by atoms with Crippen LogP contribution in [0.3, 0.4) is 0 Å². The summed E-state index contributed by atoms with van der Waals surface area (Å²) in [5.74, 6) is 1.61. The van der Waals surface area contributed by atoms with Gasteiger partial charge in [0.05, 0.1) is 17.4 Å². The molecule has 3 heterocycles. The van der Waals surface area contributed by atoms with E-state index in [0.717, 1.165) is 5.69 Å². The maximum absolute atomic E-state index is 14.5. The standard InChI is InChI=1S/C19H19FN4O2S/c1-21-11-17-13(5-8-27-17)18-22-10-14(20)19(23-18)24(2)12-3-4-15-16(9-12)26-7-6-25-15/h3-5,8-11,13,17H,6-7H2,1-2H3. The summed E-state index contributed by atoms with van der Waals surface area (Å²) in [6.07, 6.45) is 5.12. The monoisotopic (exact) mass is 386 g/mol. The molecule has 1 aromatic heterocycles. The molecule has 0 amide bonds. The number of fused-ring (bicyclic) bond motifs is 1. The van der Waals surface area contributed by atoms with E-state index < -0.39 is 5.82 Å². The summed E-state index contributed by atoms with van der Waals surface area (Å²) in [5, 5.41) is 2.13. The van der Waals surface area contributed by atoms with Gasteiger partial charge < -0.3 is 14.4 Å². The van der Waals surface area contributed by atoms with Crippen molar-refractivity contribution in [3.05, 3.63) is 47.5 Å². The molecule has 0 aliphatic carbocycles. The Morgan fingerprint density at radius 3 is 2.93 bits per heavy atom. The lowest BCUT2D eigenvalue weighted by molar-refractivity contribution is 0.171. The molecule has 0 fully saturated rings. The zero-order valence-corrected chi connectivity index (χ0v) is 15.8. The number of thioether (sulfide) groups is 1. The van der Waals surface area contributed by atoms with Crippen LogP contribution in [0.15, 0.2) is 40.9 Å². The lowest BCUT2D eigenvalue weighted by atomic mass is 10.1. The SMILES string of the molecule is CN=CC1SC=CC1c1ncc(F)c(N(C)c2ccc3c(c2)OCCO3)n1. The number of ether oxygens (including phenoxy) is 2. The van der Waals surface area contributed by atoms with Gasteiger partial charge in [-0.25, -0.2) is 14.4 Å². The number of hydrogen-bond donors (Lipinski definition) is 0. The Hall–Kier alpha value is -2.61. The van der Waals surface area contributed by atoms with Gasteiger partial charge in [0.2, 0.25) is 0 Å². The minimum Gasteiger partial charge on any atom is -0.486 e. The number of anilines is 2. The van der Waals surface area contributed by atoms with Crippen molar-refractivity contribution in [1.82, 2.24) is 9.97 Å². The second-order valence-corrected chi connectivity index (χ2v) is 7.24. The molecule has 27 heavy (non-hydrogen) atoms. The third kappa shape index (κ3) is 3.49. The van der Waals surface area contributed by atoms with Gasteiger partial charge in [0, 0.05) is 32.1 Å². The first-order chi connectivity index (χ1) is 13.2. The predicted molar refractivity (Wildman–Crippen MR) is 105 cm³/mol.